The van der Waals surface area contributed by atoms with E-state index in [1.807, 2.05) is 0 Å². The van der Waals surface area contributed by atoms with Gasteiger partial charge in [-0.3, -0.25) is 0 Å². The van der Waals surface area contributed by atoms with Crippen LogP contribution < -0.4 is 5.32 Å². The smallest absolute Gasteiger partial charge is 0.326 e. The largest absolute Gasteiger partial charge is 0.508 e. The summed E-state index contributed by atoms with van der Waals surface area (Å²) in [5, 5.41) is 21.1. The lowest BCUT2D eigenvalue weighted by atomic mass is 10.1. The van der Waals surface area contributed by atoms with Crippen molar-refractivity contribution in [2.24, 2.45) is 0 Å². The van der Waals surface area contributed by atoms with Gasteiger partial charge in [-0.1, -0.05) is 12.1 Å². The zero-order valence-corrected chi connectivity index (χ0v) is 11.8. The Morgan fingerprint density at radius 1 is 1.14 bits per heavy atom. The standard InChI is InChI=1S/C15H20N2O4/c18-12-6-4-11(5-7-12)10-13(14(19)20)16-15(21)17-8-2-1-3-9-17/h4-7,13,18H,1-3,8-10H2,(H,16,21)(H,19,20)/t13-/m0/s1. The van der Waals surface area contributed by atoms with Gasteiger partial charge < -0.3 is 20.4 Å². The number of carboxylic acid groups (broad SMARTS) is 1. The lowest BCUT2D eigenvalue weighted by molar-refractivity contribution is -0.139. The van der Waals surface area contributed by atoms with E-state index in [0.717, 1.165) is 24.8 Å². The fourth-order valence-corrected chi connectivity index (χ4v) is 2.41. The second-order valence-corrected chi connectivity index (χ2v) is 5.26. The third-order valence-electron chi connectivity index (χ3n) is 3.62. The molecule has 1 saturated heterocycles. The van der Waals surface area contributed by atoms with Crippen LogP contribution in [0.25, 0.3) is 0 Å². The molecule has 21 heavy (non-hydrogen) atoms. The molecule has 2 rings (SSSR count). The summed E-state index contributed by atoms with van der Waals surface area (Å²) in [4.78, 5) is 25.0. The van der Waals surface area contributed by atoms with E-state index in [1.165, 1.54) is 12.1 Å². The second-order valence-electron chi connectivity index (χ2n) is 5.26. The van der Waals surface area contributed by atoms with Crippen LogP contribution in [-0.4, -0.2) is 46.2 Å². The number of phenolic OH excluding ortho intramolecular Hbond substituents is 1. The lowest BCUT2D eigenvalue weighted by Crippen LogP contribution is -2.50. The van der Waals surface area contributed by atoms with Gasteiger partial charge in [-0.25, -0.2) is 9.59 Å². The predicted octanol–water partition coefficient (Wildman–Crippen LogP) is 1.58. The molecule has 1 atom stereocenters. The number of piperidine rings is 1. The molecule has 1 aliphatic rings. The van der Waals surface area contributed by atoms with Crippen LogP contribution in [0.15, 0.2) is 24.3 Å². The van der Waals surface area contributed by atoms with Crippen LogP contribution in [0.2, 0.25) is 0 Å². The molecule has 0 unspecified atom stereocenters. The van der Waals surface area contributed by atoms with Crippen molar-refractivity contribution in [1.82, 2.24) is 10.2 Å². The van der Waals surface area contributed by atoms with Crippen molar-refractivity contribution in [3.05, 3.63) is 29.8 Å². The first-order chi connectivity index (χ1) is 10.1. The number of benzene rings is 1. The van der Waals surface area contributed by atoms with E-state index < -0.39 is 12.0 Å². The van der Waals surface area contributed by atoms with Crippen LogP contribution in [0.3, 0.4) is 0 Å². The number of nitrogens with one attached hydrogen (secondary N) is 1. The minimum atomic E-state index is -1.06. The molecule has 0 saturated carbocycles. The Bertz CT molecular complexity index is 495. The molecule has 1 aromatic carbocycles. The van der Waals surface area contributed by atoms with Crippen molar-refractivity contribution in [1.29, 1.82) is 0 Å². The average Bonchev–Trinajstić information content (AvgIpc) is 2.49. The molecule has 1 heterocycles. The topological polar surface area (TPSA) is 89.9 Å². The minimum Gasteiger partial charge on any atom is -0.508 e. The maximum Gasteiger partial charge on any atom is 0.326 e. The third-order valence-corrected chi connectivity index (χ3v) is 3.62. The van der Waals surface area contributed by atoms with Crippen molar-refractivity contribution in [3.63, 3.8) is 0 Å². The Hall–Kier alpha value is -2.24. The van der Waals surface area contributed by atoms with Crippen LogP contribution in [0.4, 0.5) is 4.79 Å². The molecule has 1 fully saturated rings. The maximum absolute atomic E-state index is 12.1. The highest BCUT2D eigenvalue weighted by Gasteiger charge is 2.24. The van der Waals surface area contributed by atoms with Gasteiger partial charge in [-0.15, -0.1) is 0 Å². The molecule has 3 N–H and O–H groups in total. The normalized spacial score (nSPS) is 16.3. The number of hydrogen-bond donors (Lipinski definition) is 3. The molecule has 0 radical (unpaired) electrons. The van der Waals surface area contributed by atoms with Gasteiger partial charge in [0.1, 0.15) is 11.8 Å². The van der Waals surface area contributed by atoms with Gasteiger partial charge in [0, 0.05) is 19.5 Å². The summed E-state index contributed by atoms with van der Waals surface area (Å²) >= 11 is 0. The van der Waals surface area contributed by atoms with E-state index in [1.54, 1.807) is 17.0 Å². The van der Waals surface area contributed by atoms with Gasteiger partial charge in [0.2, 0.25) is 0 Å². The molecule has 0 aliphatic carbocycles. The fraction of sp³-hybridized carbons (Fsp3) is 0.467. The quantitative estimate of drug-likeness (QED) is 0.786. The summed E-state index contributed by atoms with van der Waals surface area (Å²) < 4.78 is 0. The lowest BCUT2D eigenvalue weighted by Gasteiger charge is -2.28. The maximum atomic E-state index is 12.1. The molecule has 1 aromatic rings. The number of nitrogens with zero attached hydrogens (tertiary/aromatic N) is 1. The Kier molecular flexibility index (Phi) is 5.03. The molecule has 0 bridgehead atoms. The zero-order valence-electron chi connectivity index (χ0n) is 11.8. The average molecular weight is 292 g/mol. The Morgan fingerprint density at radius 3 is 2.33 bits per heavy atom. The Balaban J connectivity index is 1.96. The molecule has 0 aromatic heterocycles. The minimum absolute atomic E-state index is 0.128. The summed E-state index contributed by atoms with van der Waals surface area (Å²) in [6.07, 6.45) is 3.22. The van der Waals surface area contributed by atoms with Crippen LogP contribution in [0, 0.1) is 0 Å². The van der Waals surface area contributed by atoms with Crippen LogP contribution in [0.5, 0.6) is 5.75 Å². The Labute approximate surface area is 123 Å². The Morgan fingerprint density at radius 2 is 1.76 bits per heavy atom. The van der Waals surface area contributed by atoms with Crippen LogP contribution in [-0.2, 0) is 11.2 Å². The number of aromatic hydroxyl groups is 1. The van der Waals surface area contributed by atoms with E-state index >= 15 is 0 Å². The number of hydrogen-bond acceptors (Lipinski definition) is 3. The number of carbonyl (C=O) groups excluding carboxylic acids is 1. The number of phenols is 1. The number of rotatable bonds is 4. The van der Waals surface area contributed by atoms with Gasteiger partial charge >= 0.3 is 12.0 Å². The number of likely N-dealkylation sites (tertiary alicyclic amines) is 1. The van der Waals surface area contributed by atoms with Gasteiger partial charge in [0.05, 0.1) is 0 Å². The zero-order chi connectivity index (χ0) is 15.2. The molecular formula is C15H20N2O4. The fourth-order valence-electron chi connectivity index (χ4n) is 2.41. The molecule has 114 valence electrons. The van der Waals surface area contributed by atoms with Gasteiger partial charge in [0.25, 0.3) is 0 Å². The second kappa shape index (κ2) is 6.97. The van der Waals surface area contributed by atoms with E-state index in [9.17, 15) is 19.8 Å². The van der Waals surface area contributed by atoms with Gasteiger partial charge in [0.15, 0.2) is 0 Å². The van der Waals surface area contributed by atoms with Crippen molar-refractivity contribution < 1.29 is 19.8 Å². The van der Waals surface area contributed by atoms with E-state index in [-0.39, 0.29) is 18.2 Å². The number of aliphatic carboxylic acids is 1. The highest BCUT2D eigenvalue weighted by Crippen LogP contribution is 2.12. The van der Waals surface area contributed by atoms with Crippen LogP contribution >= 0.6 is 0 Å². The molecular weight excluding hydrogens is 272 g/mol. The third kappa shape index (κ3) is 4.37. The molecule has 1 aliphatic heterocycles. The predicted molar refractivity (Wildman–Crippen MR) is 77.2 cm³/mol. The van der Waals surface area contributed by atoms with E-state index in [2.05, 4.69) is 5.32 Å². The highest BCUT2D eigenvalue weighted by atomic mass is 16.4. The number of carboxylic acids is 1. The first kappa shape index (κ1) is 15.2. The summed E-state index contributed by atoms with van der Waals surface area (Å²) in [5.74, 6) is -0.934. The van der Waals surface area contributed by atoms with Crippen LogP contribution in [0.1, 0.15) is 24.8 Å². The molecule has 0 spiro atoms. The SMILES string of the molecule is O=C(O)[C@H](Cc1ccc(O)cc1)NC(=O)N1CCCCC1. The van der Waals surface area contributed by atoms with Crippen molar-refractivity contribution in [2.75, 3.05) is 13.1 Å². The monoisotopic (exact) mass is 292 g/mol. The summed E-state index contributed by atoms with van der Waals surface area (Å²) in [6, 6.07) is 5.02. The summed E-state index contributed by atoms with van der Waals surface area (Å²) in [7, 11) is 0. The number of urea groups is 1. The molecule has 6 nitrogen and oxygen atoms in total. The van der Waals surface area contributed by atoms with Crippen molar-refractivity contribution >= 4 is 12.0 Å². The van der Waals surface area contributed by atoms with E-state index in [0.29, 0.717) is 13.1 Å². The first-order valence-electron chi connectivity index (χ1n) is 7.12. The van der Waals surface area contributed by atoms with Crippen molar-refractivity contribution in [2.45, 2.75) is 31.7 Å². The number of amides is 2. The number of carbonyl (C=O) groups is 2. The highest BCUT2D eigenvalue weighted by molar-refractivity contribution is 5.82. The van der Waals surface area contributed by atoms with Crippen molar-refractivity contribution in [3.8, 4) is 5.75 Å². The summed E-state index contributed by atoms with van der Waals surface area (Å²) in [5.41, 5.74) is 0.749. The molecule has 6 heteroatoms. The van der Waals surface area contributed by atoms with Gasteiger partial charge in [-0.05, 0) is 37.0 Å². The molecule has 2 amide bonds. The van der Waals surface area contributed by atoms with E-state index in [4.69, 9.17) is 0 Å². The first-order valence-corrected chi connectivity index (χ1v) is 7.12. The van der Waals surface area contributed by atoms with Gasteiger partial charge in [-0.2, -0.15) is 0 Å². The summed E-state index contributed by atoms with van der Waals surface area (Å²) in [6.45, 7) is 1.36.